The molecule has 0 radical (unpaired) electrons. The Morgan fingerprint density at radius 3 is 2.58 bits per heavy atom. The SMILES string of the molecule is CC(C)CCCC(C)NC(=O)N1CCOC(C)(C)C1. The van der Waals surface area contributed by atoms with Crippen molar-refractivity contribution in [3.8, 4) is 0 Å². The summed E-state index contributed by atoms with van der Waals surface area (Å²) >= 11 is 0. The summed E-state index contributed by atoms with van der Waals surface area (Å²) in [6.07, 6.45) is 3.45. The lowest BCUT2D eigenvalue weighted by atomic mass is 10.0. The zero-order valence-electron chi connectivity index (χ0n) is 13.2. The Kier molecular flexibility index (Phi) is 6.11. The van der Waals surface area contributed by atoms with Gasteiger partial charge in [0.05, 0.1) is 18.8 Å². The number of amides is 2. The minimum atomic E-state index is -0.226. The highest BCUT2D eigenvalue weighted by Gasteiger charge is 2.30. The molecule has 19 heavy (non-hydrogen) atoms. The number of ether oxygens (including phenoxy) is 1. The van der Waals surface area contributed by atoms with Gasteiger partial charge in [0.2, 0.25) is 0 Å². The number of morpholine rings is 1. The first-order valence-electron chi connectivity index (χ1n) is 7.49. The van der Waals surface area contributed by atoms with E-state index in [1.807, 2.05) is 18.7 Å². The first kappa shape index (κ1) is 16.3. The number of hydrogen-bond acceptors (Lipinski definition) is 2. The molecular weight excluding hydrogens is 240 g/mol. The van der Waals surface area contributed by atoms with E-state index in [2.05, 4.69) is 26.1 Å². The van der Waals surface area contributed by atoms with Crippen molar-refractivity contribution in [2.24, 2.45) is 5.92 Å². The van der Waals surface area contributed by atoms with Crippen molar-refractivity contribution in [2.45, 2.75) is 65.5 Å². The molecule has 4 heteroatoms. The molecular formula is C15H30N2O2. The molecule has 1 aliphatic heterocycles. The molecule has 0 aliphatic carbocycles. The van der Waals surface area contributed by atoms with E-state index < -0.39 is 0 Å². The average molecular weight is 270 g/mol. The van der Waals surface area contributed by atoms with Gasteiger partial charge in [0.25, 0.3) is 0 Å². The van der Waals surface area contributed by atoms with E-state index in [1.165, 1.54) is 12.8 Å². The Bertz CT molecular complexity index is 290. The summed E-state index contributed by atoms with van der Waals surface area (Å²) in [7, 11) is 0. The molecule has 1 rings (SSSR count). The molecule has 1 atom stereocenters. The summed E-state index contributed by atoms with van der Waals surface area (Å²) in [6.45, 7) is 12.6. The van der Waals surface area contributed by atoms with Crippen LogP contribution in [0.5, 0.6) is 0 Å². The second-order valence-electron chi connectivity index (χ2n) is 6.70. The third kappa shape index (κ3) is 6.28. The second-order valence-corrected chi connectivity index (χ2v) is 6.70. The fraction of sp³-hybridized carbons (Fsp3) is 0.933. The molecule has 0 aromatic heterocycles. The Hall–Kier alpha value is -0.770. The number of nitrogens with zero attached hydrogens (tertiary/aromatic N) is 1. The van der Waals surface area contributed by atoms with Crippen molar-refractivity contribution in [1.82, 2.24) is 10.2 Å². The van der Waals surface area contributed by atoms with Crippen molar-refractivity contribution >= 4 is 6.03 Å². The first-order chi connectivity index (χ1) is 8.80. The fourth-order valence-corrected chi connectivity index (χ4v) is 2.40. The van der Waals surface area contributed by atoms with Crippen molar-refractivity contribution in [3.05, 3.63) is 0 Å². The molecule has 1 unspecified atom stereocenters. The van der Waals surface area contributed by atoms with Gasteiger partial charge in [-0.15, -0.1) is 0 Å². The van der Waals surface area contributed by atoms with E-state index in [4.69, 9.17) is 4.74 Å². The predicted molar refractivity (Wildman–Crippen MR) is 78.3 cm³/mol. The van der Waals surface area contributed by atoms with Gasteiger partial charge in [0, 0.05) is 12.6 Å². The van der Waals surface area contributed by atoms with Gasteiger partial charge >= 0.3 is 6.03 Å². The number of rotatable bonds is 5. The van der Waals surface area contributed by atoms with Gasteiger partial charge in [-0.25, -0.2) is 4.79 Å². The lowest BCUT2D eigenvalue weighted by Crippen LogP contribution is -2.54. The highest BCUT2D eigenvalue weighted by atomic mass is 16.5. The normalized spacial score (nSPS) is 20.4. The van der Waals surface area contributed by atoms with Crippen LogP contribution in [0.25, 0.3) is 0 Å². The fourth-order valence-electron chi connectivity index (χ4n) is 2.40. The van der Waals surface area contributed by atoms with Crippen LogP contribution in [-0.2, 0) is 4.74 Å². The van der Waals surface area contributed by atoms with Crippen LogP contribution < -0.4 is 5.32 Å². The highest BCUT2D eigenvalue weighted by Crippen LogP contribution is 2.16. The van der Waals surface area contributed by atoms with Gasteiger partial charge in [-0.2, -0.15) is 0 Å². The largest absolute Gasteiger partial charge is 0.372 e. The third-order valence-corrected chi connectivity index (χ3v) is 3.50. The third-order valence-electron chi connectivity index (χ3n) is 3.50. The van der Waals surface area contributed by atoms with Crippen LogP contribution >= 0.6 is 0 Å². The minimum absolute atomic E-state index is 0.0495. The molecule has 1 aliphatic rings. The van der Waals surface area contributed by atoms with Crippen LogP contribution in [-0.4, -0.2) is 42.3 Å². The molecule has 0 bridgehead atoms. The maximum atomic E-state index is 12.2. The van der Waals surface area contributed by atoms with Gasteiger partial charge in [0.1, 0.15) is 0 Å². The van der Waals surface area contributed by atoms with E-state index in [-0.39, 0.29) is 17.7 Å². The zero-order valence-corrected chi connectivity index (χ0v) is 13.2. The van der Waals surface area contributed by atoms with E-state index in [0.29, 0.717) is 19.7 Å². The van der Waals surface area contributed by atoms with Crippen LogP contribution in [0, 0.1) is 5.92 Å². The van der Waals surface area contributed by atoms with Crippen LogP contribution in [0.3, 0.4) is 0 Å². The molecule has 1 N–H and O–H groups in total. The zero-order chi connectivity index (χ0) is 14.5. The highest BCUT2D eigenvalue weighted by molar-refractivity contribution is 5.74. The summed E-state index contributed by atoms with van der Waals surface area (Å²) in [4.78, 5) is 14.0. The Morgan fingerprint density at radius 1 is 1.32 bits per heavy atom. The topological polar surface area (TPSA) is 41.6 Å². The van der Waals surface area contributed by atoms with Crippen LogP contribution in [0.15, 0.2) is 0 Å². The Balaban J connectivity index is 2.29. The maximum absolute atomic E-state index is 12.2. The smallest absolute Gasteiger partial charge is 0.317 e. The van der Waals surface area contributed by atoms with Crippen LogP contribution in [0.1, 0.15) is 53.9 Å². The van der Waals surface area contributed by atoms with E-state index in [9.17, 15) is 4.79 Å². The monoisotopic (exact) mass is 270 g/mol. The van der Waals surface area contributed by atoms with E-state index in [1.54, 1.807) is 0 Å². The number of carbonyl (C=O) groups is 1. The Labute approximate surface area is 117 Å². The molecule has 112 valence electrons. The standard InChI is InChI=1S/C15H30N2O2/c1-12(2)7-6-8-13(3)16-14(18)17-9-10-19-15(4,5)11-17/h12-13H,6-11H2,1-5H3,(H,16,18). The van der Waals surface area contributed by atoms with Gasteiger partial charge in [-0.05, 0) is 33.1 Å². The van der Waals surface area contributed by atoms with Crippen molar-refractivity contribution < 1.29 is 9.53 Å². The Morgan fingerprint density at radius 2 is 2.00 bits per heavy atom. The van der Waals surface area contributed by atoms with Crippen molar-refractivity contribution in [1.29, 1.82) is 0 Å². The van der Waals surface area contributed by atoms with Gasteiger partial charge < -0.3 is 15.0 Å². The maximum Gasteiger partial charge on any atom is 0.317 e. The molecule has 4 nitrogen and oxygen atoms in total. The summed E-state index contributed by atoms with van der Waals surface area (Å²) in [6, 6.07) is 0.297. The lowest BCUT2D eigenvalue weighted by molar-refractivity contribution is -0.0735. The predicted octanol–water partition coefficient (Wildman–Crippen LogP) is 3.02. The second kappa shape index (κ2) is 7.13. The minimum Gasteiger partial charge on any atom is -0.372 e. The summed E-state index contributed by atoms with van der Waals surface area (Å²) in [5, 5.41) is 3.09. The summed E-state index contributed by atoms with van der Waals surface area (Å²) in [5.41, 5.74) is -0.226. The van der Waals surface area contributed by atoms with E-state index in [0.717, 1.165) is 12.3 Å². The lowest BCUT2D eigenvalue weighted by Gasteiger charge is -2.38. The quantitative estimate of drug-likeness (QED) is 0.834. The van der Waals surface area contributed by atoms with E-state index >= 15 is 0 Å². The van der Waals surface area contributed by atoms with Crippen LogP contribution in [0.2, 0.25) is 0 Å². The molecule has 2 amide bonds. The van der Waals surface area contributed by atoms with Gasteiger partial charge in [-0.1, -0.05) is 26.7 Å². The molecule has 0 spiro atoms. The number of urea groups is 1. The van der Waals surface area contributed by atoms with Crippen molar-refractivity contribution in [2.75, 3.05) is 19.7 Å². The van der Waals surface area contributed by atoms with Gasteiger partial charge in [-0.3, -0.25) is 0 Å². The molecule has 1 saturated heterocycles. The van der Waals surface area contributed by atoms with Crippen LogP contribution in [0.4, 0.5) is 4.79 Å². The van der Waals surface area contributed by atoms with Crippen molar-refractivity contribution in [3.63, 3.8) is 0 Å². The summed E-state index contributed by atoms with van der Waals surface area (Å²) < 4.78 is 5.62. The number of carbonyl (C=O) groups excluding carboxylic acids is 1. The van der Waals surface area contributed by atoms with Gasteiger partial charge in [0.15, 0.2) is 0 Å². The average Bonchev–Trinajstić information content (AvgIpc) is 2.26. The molecule has 0 aromatic carbocycles. The molecule has 1 heterocycles. The number of nitrogens with one attached hydrogen (secondary N) is 1. The first-order valence-corrected chi connectivity index (χ1v) is 7.49. The molecule has 0 aromatic rings. The molecule has 1 fully saturated rings. The number of hydrogen-bond donors (Lipinski definition) is 1. The molecule has 0 saturated carbocycles. The summed E-state index contributed by atoms with van der Waals surface area (Å²) in [5.74, 6) is 0.739.